The van der Waals surface area contributed by atoms with Crippen molar-refractivity contribution in [3.05, 3.63) is 41.4 Å². The highest BCUT2D eigenvalue weighted by atomic mass is 35.5. The minimum atomic E-state index is -0.469. The van der Waals surface area contributed by atoms with Crippen LogP contribution in [-0.2, 0) is 6.54 Å². The number of nitrogens with zero attached hydrogens (tertiary/aromatic N) is 2. The standard InChI is InChI=1S/C11H11ClFN3O/c12-8-6-15-16(7-8)3-4-17-11-2-1-9(14)5-10(11)13/h1-2,5-7H,3-4,14H2. The zero-order valence-electron chi connectivity index (χ0n) is 8.94. The molecule has 2 N–H and O–H groups in total. The Labute approximate surface area is 103 Å². The Morgan fingerprint density at radius 1 is 1.47 bits per heavy atom. The topological polar surface area (TPSA) is 53.1 Å². The van der Waals surface area contributed by atoms with Crippen molar-refractivity contribution in [2.45, 2.75) is 6.54 Å². The highest BCUT2D eigenvalue weighted by molar-refractivity contribution is 6.30. The number of halogens is 2. The van der Waals surface area contributed by atoms with Gasteiger partial charge in [-0.25, -0.2) is 4.39 Å². The van der Waals surface area contributed by atoms with E-state index in [4.69, 9.17) is 22.1 Å². The molecule has 1 heterocycles. The molecular weight excluding hydrogens is 245 g/mol. The SMILES string of the molecule is Nc1ccc(OCCn2cc(Cl)cn2)c(F)c1. The number of aromatic nitrogens is 2. The van der Waals surface area contributed by atoms with Crippen LogP contribution in [0.1, 0.15) is 0 Å². The quantitative estimate of drug-likeness (QED) is 0.853. The molecule has 0 radical (unpaired) electrons. The lowest BCUT2D eigenvalue weighted by Gasteiger charge is -2.07. The average molecular weight is 256 g/mol. The Bertz CT molecular complexity index is 515. The van der Waals surface area contributed by atoms with E-state index in [1.54, 1.807) is 16.9 Å². The van der Waals surface area contributed by atoms with E-state index in [0.29, 0.717) is 23.9 Å². The molecule has 0 amide bonds. The summed E-state index contributed by atoms with van der Waals surface area (Å²) in [6.07, 6.45) is 3.20. The van der Waals surface area contributed by atoms with Gasteiger partial charge in [0, 0.05) is 18.0 Å². The Kier molecular flexibility index (Phi) is 3.49. The summed E-state index contributed by atoms with van der Waals surface area (Å²) in [5.74, 6) is -0.291. The normalized spacial score (nSPS) is 10.5. The second-order valence-electron chi connectivity index (χ2n) is 3.46. The maximum atomic E-state index is 13.3. The molecule has 0 bridgehead atoms. The molecule has 2 aromatic rings. The van der Waals surface area contributed by atoms with Gasteiger partial charge in [0.15, 0.2) is 11.6 Å². The van der Waals surface area contributed by atoms with Gasteiger partial charge in [0.1, 0.15) is 6.61 Å². The third-order valence-electron chi connectivity index (χ3n) is 2.14. The predicted octanol–water partition coefficient (Wildman–Crippen LogP) is 2.34. The van der Waals surface area contributed by atoms with E-state index in [1.807, 2.05) is 0 Å². The zero-order valence-corrected chi connectivity index (χ0v) is 9.69. The summed E-state index contributed by atoms with van der Waals surface area (Å²) in [6.45, 7) is 0.801. The van der Waals surface area contributed by atoms with Crippen LogP contribution in [0.3, 0.4) is 0 Å². The predicted molar refractivity (Wildman–Crippen MR) is 63.5 cm³/mol. The molecular formula is C11H11ClFN3O. The summed E-state index contributed by atoms with van der Waals surface area (Å²) >= 11 is 5.70. The van der Waals surface area contributed by atoms with Crippen LogP contribution in [0.5, 0.6) is 5.75 Å². The molecule has 90 valence electrons. The highest BCUT2D eigenvalue weighted by Crippen LogP contribution is 2.19. The van der Waals surface area contributed by atoms with Crippen LogP contribution in [0.15, 0.2) is 30.6 Å². The van der Waals surface area contributed by atoms with Crippen LogP contribution < -0.4 is 10.5 Å². The van der Waals surface area contributed by atoms with Crippen LogP contribution in [-0.4, -0.2) is 16.4 Å². The number of hydrogen-bond donors (Lipinski definition) is 1. The van der Waals surface area contributed by atoms with Crippen molar-refractivity contribution < 1.29 is 9.13 Å². The van der Waals surface area contributed by atoms with Crippen molar-refractivity contribution in [1.82, 2.24) is 9.78 Å². The molecule has 1 aromatic heterocycles. The minimum absolute atomic E-state index is 0.178. The lowest BCUT2D eigenvalue weighted by molar-refractivity contribution is 0.278. The Balaban J connectivity index is 1.90. The van der Waals surface area contributed by atoms with Crippen molar-refractivity contribution in [3.63, 3.8) is 0 Å². The van der Waals surface area contributed by atoms with Gasteiger partial charge in [-0.3, -0.25) is 4.68 Å². The van der Waals surface area contributed by atoms with Crippen molar-refractivity contribution in [2.24, 2.45) is 0 Å². The Hall–Kier alpha value is -1.75. The summed E-state index contributed by atoms with van der Waals surface area (Å²) in [7, 11) is 0. The van der Waals surface area contributed by atoms with Gasteiger partial charge in [-0.1, -0.05) is 11.6 Å². The monoisotopic (exact) mass is 255 g/mol. The van der Waals surface area contributed by atoms with Crippen LogP contribution in [0.25, 0.3) is 0 Å². The molecule has 2 rings (SSSR count). The summed E-state index contributed by atoms with van der Waals surface area (Å²) in [5, 5.41) is 4.53. The molecule has 0 aliphatic heterocycles. The summed E-state index contributed by atoms with van der Waals surface area (Å²) in [5.41, 5.74) is 5.79. The van der Waals surface area contributed by atoms with Crippen LogP contribution in [0.2, 0.25) is 5.02 Å². The van der Waals surface area contributed by atoms with E-state index < -0.39 is 5.82 Å². The maximum absolute atomic E-state index is 13.3. The first-order chi connectivity index (χ1) is 8.15. The minimum Gasteiger partial charge on any atom is -0.489 e. The van der Waals surface area contributed by atoms with Gasteiger partial charge < -0.3 is 10.5 Å². The average Bonchev–Trinajstić information content (AvgIpc) is 2.68. The molecule has 1 aromatic carbocycles. The van der Waals surface area contributed by atoms with E-state index in [2.05, 4.69) is 5.10 Å². The largest absolute Gasteiger partial charge is 0.489 e. The van der Waals surface area contributed by atoms with Gasteiger partial charge in [0.2, 0.25) is 0 Å². The van der Waals surface area contributed by atoms with Crippen molar-refractivity contribution in [1.29, 1.82) is 0 Å². The molecule has 0 fully saturated rings. The first-order valence-electron chi connectivity index (χ1n) is 5.01. The lowest BCUT2D eigenvalue weighted by atomic mass is 10.3. The van der Waals surface area contributed by atoms with Crippen molar-refractivity contribution in [2.75, 3.05) is 12.3 Å². The number of anilines is 1. The van der Waals surface area contributed by atoms with Crippen molar-refractivity contribution in [3.8, 4) is 5.75 Å². The Morgan fingerprint density at radius 2 is 2.29 bits per heavy atom. The number of nitrogen functional groups attached to an aromatic ring is 1. The zero-order chi connectivity index (χ0) is 12.3. The fraction of sp³-hybridized carbons (Fsp3) is 0.182. The van der Waals surface area contributed by atoms with E-state index in [1.165, 1.54) is 18.3 Å². The molecule has 0 unspecified atom stereocenters. The molecule has 4 nitrogen and oxygen atoms in total. The number of benzene rings is 1. The van der Waals surface area contributed by atoms with Crippen LogP contribution in [0.4, 0.5) is 10.1 Å². The third kappa shape index (κ3) is 3.10. The molecule has 0 saturated heterocycles. The lowest BCUT2D eigenvalue weighted by Crippen LogP contribution is -2.09. The second kappa shape index (κ2) is 5.05. The molecule has 17 heavy (non-hydrogen) atoms. The molecule has 0 saturated carbocycles. The van der Waals surface area contributed by atoms with Crippen molar-refractivity contribution >= 4 is 17.3 Å². The van der Waals surface area contributed by atoms with Gasteiger partial charge in [-0.2, -0.15) is 5.10 Å². The third-order valence-corrected chi connectivity index (χ3v) is 2.33. The maximum Gasteiger partial charge on any atom is 0.167 e. The number of nitrogens with two attached hydrogens (primary N) is 1. The molecule has 0 atom stereocenters. The highest BCUT2D eigenvalue weighted by Gasteiger charge is 2.03. The Morgan fingerprint density at radius 3 is 2.94 bits per heavy atom. The van der Waals surface area contributed by atoms with Gasteiger partial charge in [0.25, 0.3) is 0 Å². The van der Waals surface area contributed by atoms with Gasteiger partial charge in [-0.15, -0.1) is 0 Å². The first-order valence-corrected chi connectivity index (χ1v) is 5.39. The van der Waals surface area contributed by atoms with Crippen LogP contribution in [0, 0.1) is 5.82 Å². The summed E-state index contributed by atoms with van der Waals surface area (Å²) in [6, 6.07) is 4.31. The van der Waals surface area contributed by atoms with E-state index in [0.717, 1.165) is 0 Å². The fourth-order valence-electron chi connectivity index (χ4n) is 1.34. The smallest absolute Gasteiger partial charge is 0.167 e. The molecule has 0 spiro atoms. The van der Waals surface area contributed by atoms with Gasteiger partial charge >= 0.3 is 0 Å². The molecule has 0 aliphatic carbocycles. The van der Waals surface area contributed by atoms with Gasteiger partial charge in [0.05, 0.1) is 17.8 Å². The fourth-order valence-corrected chi connectivity index (χ4v) is 1.50. The van der Waals surface area contributed by atoms with E-state index >= 15 is 0 Å². The number of ether oxygens (including phenoxy) is 1. The second-order valence-corrected chi connectivity index (χ2v) is 3.90. The van der Waals surface area contributed by atoms with E-state index in [-0.39, 0.29) is 5.75 Å². The summed E-state index contributed by atoms with van der Waals surface area (Å²) < 4.78 is 20.2. The summed E-state index contributed by atoms with van der Waals surface area (Å²) in [4.78, 5) is 0. The number of hydrogen-bond acceptors (Lipinski definition) is 3. The number of rotatable bonds is 4. The van der Waals surface area contributed by atoms with Crippen LogP contribution >= 0.6 is 11.6 Å². The molecule has 6 heteroatoms. The van der Waals surface area contributed by atoms with E-state index in [9.17, 15) is 4.39 Å². The van der Waals surface area contributed by atoms with Gasteiger partial charge in [-0.05, 0) is 12.1 Å². The first kappa shape index (κ1) is 11.7. The molecule has 0 aliphatic rings.